The van der Waals surface area contributed by atoms with E-state index in [0.29, 0.717) is 0 Å². The molecule has 5 heteroatoms. The summed E-state index contributed by atoms with van der Waals surface area (Å²) in [6, 6.07) is 1.21. The lowest BCUT2D eigenvalue weighted by Crippen LogP contribution is -2.76. The molecule has 0 aromatic carbocycles. The van der Waals surface area contributed by atoms with Gasteiger partial charge in [0.1, 0.15) is 8.24 Å². The third-order valence-corrected chi connectivity index (χ3v) is 10.5. The largest absolute Gasteiger partial charge is 0.335 e. The second-order valence-electron chi connectivity index (χ2n) is 6.19. The van der Waals surface area contributed by atoms with Crippen LogP contribution in [0, 0.1) is 0 Å². The van der Waals surface area contributed by atoms with Gasteiger partial charge in [-0.25, -0.2) is 0 Å². The van der Waals surface area contributed by atoms with Gasteiger partial charge in [0, 0.05) is 0 Å². The molecular formula is C13H35N3Si2. The monoisotopic (exact) mass is 289 g/mol. The summed E-state index contributed by atoms with van der Waals surface area (Å²) in [5, 5.41) is 0. The highest BCUT2D eigenvalue weighted by Crippen LogP contribution is 2.06. The van der Waals surface area contributed by atoms with Crippen molar-refractivity contribution in [2.24, 2.45) is 0 Å². The average molecular weight is 290 g/mol. The van der Waals surface area contributed by atoms with Crippen molar-refractivity contribution in [1.82, 2.24) is 14.6 Å². The van der Waals surface area contributed by atoms with E-state index < -0.39 is 16.8 Å². The molecule has 0 unspecified atom stereocenters. The van der Waals surface area contributed by atoms with Gasteiger partial charge in [-0.2, -0.15) is 0 Å². The molecule has 0 radical (unpaired) electrons. The van der Waals surface area contributed by atoms with Crippen LogP contribution in [0.5, 0.6) is 0 Å². The van der Waals surface area contributed by atoms with Gasteiger partial charge in [0.25, 0.3) is 8.56 Å². The van der Waals surface area contributed by atoms with E-state index in [1.807, 2.05) is 0 Å². The molecule has 0 fully saturated rings. The molecule has 0 saturated heterocycles. The van der Waals surface area contributed by atoms with Gasteiger partial charge >= 0.3 is 0 Å². The standard InChI is InChI=1S/C13H35N3Si2/c1-7-10-12-14-18(9-3,15-13-11-8-2)16-17(4,5)6/h14-16H,7-13H2,1-6H3. The number of unbranched alkanes of at least 4 members (excludes halogenated alkanes) is 2. The minimum absolute atomic E-state index is 1.15. The fourth-order valence-electron chi connectivity index (χ4n) is 2.09. The fourth-order valence-corrected chi connectivity index (χ4v) is 10.5. The molecule has 0 aliphatic carbocycles. The molecule has 0 atom stereocenters. The van der Waals surface area contributed by atoms with Crippen LogP contribution < -0.4 is 14.6 Å². The quantitative estimate of drug-likeness (QED) is 0.404. The molecule has 0 heterocycles. The highest BCUT2D eigenvalue weighted by Gasteiger charge is 2.35. The summed E-state index contributed by atoms with van der Waals surface area (Å²) in [6.45, 7) is 16.3. The molecule has 0 saturated carbocycles. The minimum atomic E-state index is -1.67. The first-order valence-electron chi connectivity index (χ1n) is 7.68. The number of nitrogens with one attached hydrogen (secondary N) is 3. The van der Waals surface area contributed by atoms with Gasteiger partial charge < -0.3 is 14.6 Å². The molecule has 110 valence electrons. The summed E-state index contributed by atoms with van der Waals surface area (Å²) < 4.78 is 3.99. The fraction of sp³-hybridized carbons (Fsp3) is 1.00. The third kappa shape index (κ3) is 8.42. The Morgan fingerprint density at radius 1 is 0.778 bits per heavy atom. The molecule has 3 N–H and O–H groups in total. The summed E-state index contributed by atoms with van der Waals surface area (Å²) in [4.78, 5) is 7.70. The van der Waals surface area contributed by atoms with Gasteiger partial charge in [0.15, 0.2) is 0 Å². The molecule has 0 aromatic rings. The minimum Gasteiger partial charge on any atom is -0.335 e. The maximum absolute atomic E-state index is 3.99. The van der Waals surface area contributed by atoms with Crippen LogP contribution in [0.25, 0.3) is 0 Å². The Hall–Kier alpha value is 0.314. The topological polar surface area (TPSA) is 36.1 Å². The van der Waals surface area contributed by atoms with Crippen LogP contribution in [0.15, 0.2) is 0 Å². The van der Waals surface area contributed by atoms with Crippen LogP contribution in [0.2, 0.25) is 25.7 Å². The zero-order valence-corrected chi connectivity index (χ0v) is 15.4. The van der Waals surface area contributed by atoms with Crippen molar-refractivity contribution in [2.75, 3.05) is 13.1 Å². The molecule has 0 aliphatic rings. The van der Waals surface area contributed by atoms with Crippen molar-refractivity contribution in [3.8, 4) is 0 Å². The van der Waals surface area contributed by atoms with Gasteiger partial charge in [-0.05, 0) is 32.0 Å². The van der Waals surface area contributed by atoms with Crippen molar-refractivity contribution in [3.05, 3.63) is 0 Å². The highest BCUT2D eigenvalue weighted by atomic mass is 28.4. The van der Waals surface area contributed by atoms with Crippen molar-refractivity contribution in [3.63, 3.8) is 0 Å². The van der Waals surface area contributed by atoms with Crippen LogP contribution in [0.4, 0.5) is 0 Å². The SMILES string of the molecule is CCCCN[Si](CC)(NCCCC)N[Si](C)(C)C. The normalized spacial score (nSPS) is 13.0. The summed E-state index contributed by atoms with van der Waals surface area (Å²) in [7, 11) is -2.91. The Morgan fingerprint density at radius 3 is 1.50 bits per heavy atom. The Morgan fingerprint density at radius 2 is 1.22 bits per heavy atom. The van der Waals surface area contributed by atoms with Crippen LogP contribution in [-0.4, -0.2) is 29.9 Å². The second kappa shape index (κ2) is 9.25. The van der Waals surface area contributed by atoms with Gasteiger partial charge in [-0.3, -0.25) is 0 Å². The molecule has 18 heavy (non-hydrogen) atoms. The van der Waals surface area contributed by atoms with E-state index >= 15 is 0 Å². The highest BCUT2D eigenvalue weighted by molar-refractivity contribution is 6.89. The van der Waals surface area contributed by atoms with Crippen LogP contribution >= 0.6 is 0 Å². The van der Waals surface area contributed by atoms with E-state index in [9.17, 15) is 0 Å². The number of hydrogen-bond donors (Lipinski definition) is 3. The molecular weight excluding hydrogens is 254 g/mol. The van der Waals surface area contributed by atoms with E-state index in [1.54, 1.807) is 0 Å². The van der Waals surface area contributed by atoms with Crippen LogP contribution in [0.3, 0.4) is 0 Å². The maximum atomic E-state index is 3.99. The molecule has 0 spiro atoms. The van der Waals surface area contributed by atoms with E-state index in [4.69, 9.17) is 0 Å². The molecule has 0 rings (SSSR count). The lowest BCUT2D eigenvalue weighted by Gasteiger charge is -2.38. The predicted molar refractivity (Wildman–Crippen MR) is 88.5 cm³/mol. The van der Waals surface area contributed by atoms with E-state index in [1.165, 1.54) is 31.7 Å². The summed E-state index contributed by atoms with van der Waals surface area (Å²) in [6.07, 6.45) is 5.08. The number of hydrogen-bond acceptors (Lipinski definition) is 3. The van der Waals surface area contributed by atoms with Gasteiger partial charge in [0.2, 0.25) is 0 Å². The van der Waals surface area contributed by atoms with Gasteiger partial charge in [0.05, 0.1) is 0 Å². The first kappa shape index (κ1) is 18.3. The molecule has 0 bridgehead atoms. The maximum Gasteiger partial charge on any atom is 0.274 e. The molecule has 0 amide bonds. The molecule has 0 aromatic heterocycles. The Kier molecular flexibility index (Phi) is 9.42. The number of rotatable bonds is 11. The van der Waals surface area contributed by atoms with E-state index in [0.717, 1.165) is 13.1 Å². The summed E-state index contributed by atoms with van der Waals surface area (Å²) >= 11 is 0. The first-order chi connectivity index (χ1) is 8.39. The molecule has 0 aliphatic heterocycles. The summed E-state index contributed by atoms with van der Waals surface area (Å²) in [5.74, 6) is 0. The lowest BCUT2D eigenvalue weighted by atomic mass is 10.3. The average Bonchev–Trinajstić information content (AvgIpc) is 2.27. The smallest absolute Gasteiger partial charge is 0.274 e. The Bertz CT molecular complexity index is 195. The third-order valence-electron chi connectivity index (χ3n) is 3.03. The zero-order valence-electron chi connectivity index (χ0n) is 13.4. The first-order valence-corrected chi connectivity index (χ1v) is 13.4. The molecule has 3 nitrogen and oxygen atoms in total. The van der Waals surface area contributed by atoms with Gasteiger partial charge in [-0.1, -0.05) is 53.3 Å². The van der Waals surface area contributed by atoms with Gasteiger partial charge in [-0.15, -0.1) is 0 Å². The van der Waals surface area contributed by atoms with Crippen molar-refractivity contribution in [2.45, 2.75) is 72.1 Å². The van der Waals surface area contributed by atoms with E-state index in [2.05, 4.69) is 55.0 Å². The zero-order chi connectivity index (χ0) is 14.1. The van der Waals surface area contributed by atoms with Crippen molar-refractivity contribution < 1.29 is 0 Å². The summed E-state index contributed by atoms with van der Waals surface area (Å²) in [5.41, 5.74) is 0. The Labute approximate surface area is 117 Å². The van der Waals surface area contributed by atoms with Crippen molar-refractivity contribution >= 4 is 16.8 Å². The van der Waals surface area contributed by atoms with Crippen LogP contribution in [0.1, 0.15) is 46.5 Å². The lowest BCUT2D eigenvalue weighted by molar-refractivity contribution is 0.690. The van der Waals surface area contributed by atoms with E-state index in [-0.39, 0.29) is 0 Å². The Balaban J connectivity index is 4.50. The second-order valence-corrected chi connectivity index (χ2v) is 14.9. The predicted octanol–water partition coefficient (Wildman–Crippen LogP) is 3.15. The van der Waals surface area contributed by atoms with Crippen LogP contribution in [-0.2, 0) is 0 Å². The van der Waals surface area contributed by atoms with Crippen molar-refractivity contribution in [1.29, 1.82) is 0 Å².